The molecule has 2 aliphatic rings. The Kier molecular flexibility index (Phi) is 2.51. The van der Waals surface area contributed by atoms with Crippen LogP contribution in [0.15, 0.2) is 0 Å². The predicted octanol–water partition coefficient (Wildman–Crippen LogP) is 3.05. The van der Waals surface area contributed by atoms with Crippen molar-refractivity contribution in [2.24, 2.45) is 23.2 Å². The molecule has 0 bridgehead atoms. The second-order valence-electron chi connectivity index (χ2n) is 6.35. The maximum absolute atomic E-state index is 11.7. The molecule has 6 atom stereocenters. The highest BCUT2D eigenvalue weighted by atomic mass is 16.6. The van der Waals surface area contributed by atoms with E-state index in [-0.39, 0.29) is 16.9 Å². The van der Waals surface area contributed by atoms with Gasteiger partial charge in [0.2, 0.25) is 0 Å². The first kappa shape index (κ1) is 12.1. The maximum atomic E-state index is 11.7. The zero-order valence-electron chi connectivity index (χ0n) is 11.3. The summed E-state index contributed by atoms with van der Waals surface area (Å²) in [5, 5.41) is 0. The van der Waals surface area contributed by atoms with Crippen LogP contribution in [0.3, 0.4) is 0 Å². The van der Waals surface area contributed by atoms with Crippen LogP contribution in [0.5, 0.6) is 0 Å². The van der Waals surface area contributed by atoms with Gasteiger partial charge in [0.1, 0.15) is 5.78 Å². The van der Waals surface area contributed by atoms with E-state index in [2.05, 4.69) is 41.5 Å². The highest BCUT2D eigenvalue weighted by molar-refractivity contribution is 6.03. The zero-order valence-corrected chi connectivity index (χ0v) is 11.3. The van der Waals surface area contributed by atoms with Crippen LogP contribution in [0.25, 0.3) is 0 Å². The van der Waals surface area contributed by atoms with E-state index in [1.54, 1.807) is 0 Å². The van der Waals surface area contributed by atoms with Gasteiger partial charge in [-0.1, -0.05) is 27.7 Å². The summed E-state index contributed by atoms with van der Waals surface area (Å²) < 4.78 is 5.67. The molecule has 1 aliphatic heterocycles. The number of carbonyl (C=O) groups excluding carboxylic acids is 1. The minimum atomic E-state index is -0.0528. The van der Waals surface area contributed by atoms with Crippen molar-refractivity contribution in [3.63, 3.8) is 0 Å². The minimum Gasteiger partial charge on any atom is -0.366 e. The second-order valence-corrected chi connectivity index (χ2v) is 6.35. The molecule has 0 aromatic rings. The first-order valence-corrected chi connectivity index (χ1v) is 6.46. The maximum Gasteiger partial charge on any atom is 0.143 e. The van der Waals surface area contributed by atoms with Gasteiger partial charge in [0.05, 0.1) is 11.7 Å². The van der Waals surface area contributed by atoms with Crippen LogP contribution < -0.4 is 0 Å². The highest BCUT2D eigenvalue weighted by Gasteiger charge is 2.62. The fourth-order valence-corrected chi connectivity index (χ4v) is 3.15. The van der Waals surface area contributed by atoms with Crippen molar-refractivity contribution < 1.29 is 9.53 Å². The number of ether oxygens (including phenoxy) is 1. The molecule has 6 unspecified atom stereocenters. The van der Waals surface area contributed by atoms with E-state index in [9.17, 15) is 4.79 Å². The van der Waals surface area contributed by atoms with E-state index in [1.807, 2.05) is 0 Å². The van der Waals surface area contributed by atoms with Gasteiger partial charge in [-0.3, -0.25) is 4.79 Å². The molecular weight excluding hydrogens is 200 g/mol. The molecule has 16 heavy (non-hydrogen) atoms. The quantitative estimate of drug-likeness (QED) is 0.687. The third-order valence-corrected chi connectivity index (χ3v) is 5.63. The van der Waals surface area contributed by atoms with Gasteiger partial charge in [0.25, 0.3) is 0 Å². The first-order valence-electron chi connectivity index (χ1n) is 6.46. The van der Waals surface area contributed by atoms with Crippen LogP contribution in [-0.4, -0.2) is 17.5 Å². The van der Waals surface area contributed by atoms with Crippen LogP contribution in [-0.2, 0) is 9.53 Å². The molecule has 2 heteroatoms. The van der Waals surface area contributed by atoms with Gasteiger partial charge in [0, 0.05) is 11.3 Å². The third kappa shape index (κ3) is 1.46. The van der Waals surface area contributed by atoms with Crippen molar-refractivity contribution in [3.05, 3.63) is 0 Å². The monoisotopic (exact) mass is 224 g/mol. The van der Waals surface area contributed by atoms with Gasteiger partial charge in [0.15, 0.2) is 0 Å². The minimum absolute atomic E-state index is 0.0528. The molecular formula is C14H24O2. The highest BCUT2D eigenvalue weighted by Crippen LogP contribution is 2.56. The number of Topliss-reactive ketones (excluding diaryl/α,β-unsaturated/α-hetero) is 1. The Bertz CT molecular complexity index is 325. The van der Waals surface area contributed by atoms with Crippen LogP contribution in [0.4, 0.5) is 0 Å². The van der Waals surface area contributed by atoms with Crippen molar-refractivity contribution in [2.75, 3.05) is 0 Å². The van der Waals surface area contributed by atoms with Crippen molar-refractivity contribution in [1.29, 1.82) is 0 Å². The number of ketones is 1. The summed E-state index contributed by atoms with van der Waals surface area (Å²) in [6.45, 7) is 13.0. The van der Waals surface area contributed by atoms with Crippen LogP contribution >= 0.6 is 0 Å². The Labute approximate surface area is 98.7 Å². The molecule has 1 saturated carbocycles. The standard InChI is InChI=1S/C14H24O2/c1-8(13(5)10(3)12(13)15)7-9(2)14(6)11(4)16-14/h8-11H,7H2,1-6H3. The largest absolute Gasteiger partial charge is 0.366 e. The van der Waals surface area contributed by atoms with Crippen LogP contribution in [0.1, 0.15) is 48.0 Å². The molecule has 92 valence electrons. The van der Waals surface area contributed by atoms with Gasteiger partial charge < -0.3 is 4.74 Å². The Hall–Kier alpha value is -0.370. The molecule has 0 aromatic heterocycles. The number of carbonyl (C=O) groups is 1. The Morgan fingerprint density at radius 3 is 2.00 bits per heavy atom. The van der Waals surface area contributed by atoms with E-state index < -0.39 is 0 Å². The molecule has 0 aromatic carbocycles. The van der Waals surface area contributed by atoms with Gasteiger partial charge in [-0.25, -0.2) is 0 Å². The van der Waals surface area contributed by atoms with Crippen molar-refractivity contribution in [3.8, 4) is 0 Å². The summed E-state index contributed by atoms with van der Waals surface area (Å²) in [5.74, 6) is 1.72. The van der Waals surface area contributed by atoms with Crippen LogP contribution in [0.2, 0.25) is 0 Å². The average Bonchev–Trinajstić information content (AvgIpc) is 2.98. The molecule has 2 nitrogen and oxygen atoms in total. The summed E-state index contributed by atoms with van der Waals surface area (Å²) in [7, 11) is 0. The lowest BCUT2D eigenvalue weighted by molar-refractivity contribution is -0.114. The number of hydrogen-bond acceptors (Lipinski definition) is 2. The Morgan fingerprint density at radius 1 is 1.25 bits per heavy atom. The SMILES string of the molecule is CC(CC(C)C1(C)C(=O)C1C)C1(C)OC1C. The topological polar surface area (TPSA) is 29.6 Å². The van der Waals surface area contributed by atoms with E-state index in [4.69, 9.17) is 4.74 Å². The molecule has 1 saturated heterocycles. The molecule has 0 spiro atoms. The number of hydrogen-bond donors (Lipinski definition) is 0. The van der Waals surface area contributed by atoms with E-state index in [0.29, 0.717) is 23.7 Å². The molecule has 0 amide bonds. The molecule has 1 heterocycles. The molecule has 2 rings (SSSR count). The summed E-state index contributed by atoms with van der Waals surface area (Å²) >= 11 is 0. The van der Waals surface area contributed by atoms with Gasteiger partial charge >= 0.3 is 0 Å². The first-order chi connectivity index (χ1) is 7.24. The lowest BCUT2D eigenvalue weighted by Gasteiger charge is -2.24. The molecule has 1 aliphatic carbocycles. The van der Waals surface area contributed by atoms with E-state index >= 15 is 0 Å². The Morgan fingerprint density at radius 2 is 1.69 bits per heavy atom. The summed E-state index contributed by atoms with van der Waals surface area (Å²) in [6.07, 6.45) is 1.47. The molecule has 0 N–H and O–H groups in total. The summed E-state index contributed by atoms with van der Waals surface area (Å²) in [4.78, 5) is 11.7. The average molecular weight is 224 g/mol. The van der Waals surface area contributed by atoms with E-state index in [1.165, 1.54) is 0 Å². The predicted molar refractivity (Wildman–Crippen MR) is 64.2 cm³/mol. The van der Waals surface area contributed by atoms with Crippen molar-refractivity contribution >= 4 is 5.78 Å². The third-order valence-electron chi connectivity index (χ3n) is 5.63. The van der Waals surface area contributed by atoms with Crippen LogP contribution in [0, 0.1) is 23.2 Å². The van der Waals surface area contributed by atoms with Gasteiger partial charge in [-0.05, 0) is 32.1 Å². The molecule has 2 fully saturated rings. The normalized spacial score (nSPS) is 50.0. The summed E-state index contributed by atoms with van der Waals surface area (Å²) in [6, 6.07) is 0. The van der Waals surface area contributed by atoms with Gasteiger partial charge in [-0.2, -0.15) is 0 Å². The molecule has 0 radical (unpaired) electrons. The lowest BCUT2D eigenvalue weighted by Crippen LogP contribution is -2.25. The number of rotatable bonds is 4. The zero-order chi connectivity index (χ0) is 12.3. The number of epoxide rings is 1. The van der Waals surface area contributed by atoms with E-state index in [0.717, 1.165) is 6.42 Å². The smallest absolute Gasteiger partial charge is 0.143 e. The lowest BCUT2D eigenvalue weighted by atomic mass is 9.78. The fraction of sp³-hybridized carbons (Fsp3) is 0.929. The summed E-state index contributed by atoms with van der Waals surface area (Å²) in [5.41, 5.74) is 0.00848. The van der Waals surface area contributed by atoms with Crippen molar-refractivity contribution in [2.45, 2.75) is 59.7 Å². The second kappa shape index (κ2) is 3.32. The van der Waals surface area contributed by atoms with Crippen molar-refractivity contribution in [1.82, 2.24) is 0 Å². The van der Waals surface area contributed by atoms with Gasteiger partial charge in [-0.15, -0.1) is 0 Å². The Balaban J connectivity index is 1.94. The fourth-order valence-electron chi connectivity index (χ4n) is 3.15.